The number of nitrogens with zero attached hydrogens (tertiary/aromatic N) is 3. The van der Waals surface area contributed by atoms with E-state index in [1.165, 1.54) is 6.20 Å². The Morgan fingerprint density at radius 1 is 0.950 bits per heavy atom. The van der Waals surface area contributed by atoms with Gasteiger partial charge >= 0.3 is 0 Å². The zero-order valence-corrected chi connectivity index (χ0v) is 10.9. The SMILES string of the molecule is Cc1ccc(-c2cc(-c3ncccn3)ncc2F)cc1. The summed E-state index contributed by atoms with van der Waals surface area (Å²) in [6, 6.07) is 11.1. The first kappa shape index (κ1) is 12.4. The van der Waals surface area contributed by atoms with Crippen LogP contribution in [-0.2, 0) is 0 Å². The first-order valence-corrected chi connectivity index (χ1v) is 6.24. The summed E-state index contributed by atoms with van der Waals surface area (Å²) in [5, 5.41) is 0. The van der Waals surface area contributed by atoms with Gasteiger partial charge in [0.1, 0.15) is 11.5 Å². The maximum absolute atomic E-state index is 14.0. The summed E-state index contributed by atoms with van der Waals surface area (Å²) in [7, 11) is 0. The molecule has 0 aliphatic heterocycles. The molecule has 0 aliphatic rings. The summed E-state index contributed by atoms with van der Waals surface area (Å²) in [6.45, 7) is 2.00. The second-order valence-electron chi connectivity index (χ2n) is 4.49. The lowest BCUT2D eigenvalue weighted by atomic mass is 10.0. The molecule has 0 radical (unpaired) electrons. The molecule has 3 rings (SSSR count). The van der Waals surface area contributed by atoms with E-state index in [1.54, 1.807) is 24.5 Å². The van der Waals surface area contributed by atoms with Crippen molar-refractivity contribution in [3.05, 3.63) is 66.4 Å². The van der Waals surface area contributed by atoms with Crippen LogP contribution in [0.2, 0.25) is 0 Å². The standard InChI is InChI=1S/C16H12FN3/c1-11-3-5-12(6-4-11)13-9-15(20-10-14(13)17)16-18-7-2-8-19-16/h2-10H,1H3. The highest BCUT2D eigenvalue weighted by atomic mass is 19.1. The Hall–Kier alpha value is -2.62. The molecule has 0 atom stereocenters. The highest BCUT2D eigenvalue weighted by Gasteiger charge is 2.10. The molecule has 1 aromatic carbocycles. The van der Waals surface area contributed by atoms with Crippen molar-refractivity contribution in [1.82, 2.24) is 15.0 Å². The van der Waals surface area contributed by atoms with Gasteiger partial charge in [-0.2, -0.15) is 0 Å². The first-order chi connectivity index (χ1) is 9.74. The van der Waals surface area contributed by atoms with Crippen molar-refractivity contribution >= 4 is 0 Å². The van der Waals surface area contributed by atoms with E-state index in [1.807, 2.05) is 31.2 Å². The summed E-state index contributed by atoms with van der Waals surface area (Å²) in [5.74, 6) is 0.134. The molecule has 0 bridgehead atoms. The molecule has 0 amide bonds. The van der Waals surface area contributed by atoms with E-state index in [0.29, 0.717) is 17.1 Å². The Balaban J connectivity index is 2.10. The van der Waals surface area contributed by atoms with Gasteiger partial charge in [-0.15, -0.1) is 0 Å². The average Bonchev–Trinajstić information content (AvgIpc) is 2.50. The molecule has 0 unspecified atom stereocenters. The molecule has 0 saturated carbocycles. The summed E-state index contributed by atoms with van der Waals surface area (Å²) in [4.78, 5) is 12.3. The predicted octanol–water partition coefficient (Wildman–Crippen LogP) is 3.65. The molecule has 0 aliphatic carbocycles. The fourth-order valence-electron chi connectivity index (χ4n) is 1.95. The van der Waals surface area contributed by atoms with Crippen LogP contribution in [0.5, 0.6) is 0 Å². The van der Waals surface area contributed by atoms with Crippen molar-refractivity contribution in [3.63, 3.8) is 0 Å². The summed E-state index contributed by atoms with van der Waals surface area (Å²) >= 11 is 0. The maximum Gasteiger partial charge on any atom is 0.178 e. The minimum absolute atomic E-state index is 0.353. The van der Waals surface area contributed by atoms with Gasteiger partial charge in [0.25, 0.3) is 0 Å². The second-order valence-corrected chi connectivity index (χ2v) is 4.49. The van der Waals surface area contributed by atoms with Gasteiger partial charge in [-0.3, -0.25) is 0 Å². The molecule has 4 heteroatoms. The highest BCUT2D eigenvalue weighted by Crippen LogP contribution is 2.25. The van der Waals surface area contributed by atoms with Crippen molar-refractivity contribution in [3.8, 4) is 22.6 Å². The number of rotatable bonds is 2. The smallest absolute Gasteiger partial charge is 0.178 e. The molecule has 0 N–H and O–H groups in total. The van der Waals surface area contributed by atoms with Gasteiger partial charge in [-0.25, -0.2) is 19.3 Å². The predicted molar refractivity (Wildman–Crippen MR) is 75.4 cm³/mol. The fourth-order valence-corrected chi connectivity index (χ4v) is 1.95. The number of benzene rings is 1. The third kappa shape index (κ3) is 2.40. The van der Waals surface area contributed by atoms with Gasteiger partial charge in [-0.05, 0) is 24.6 Å². The maximum atomic E-state index is 14.0. The van der Waals surface area contributed by atoms with E-state index >= 15 is 0 Å². The van der Waals surface area contributed by atoms with Crippen LogP contribution in [0.25, 0.3) is 22.6 Å². The van der Waals surface area contributed by atoms with Gasteiger partial charge in [0.15, 0.2) is 5.82 Å². The lowest BCUT2D eigenvalue weighted by Gasteiger charge is -2.06. The minimum Gasteiger partial charge on any atom is -0.250 e. The summed E-state index contributed by atoms with van der Waals surface area (Å²) in [6.07, 6.45) is 4.48. The Bertz CT molecular complexity index is 724. The number of pyridine rings is 1. The third-order valence-electron chi connectivity index (χ3n) is 3.01. The normalized spacial score (nSPS) is 10.5. The van der Waals surface area contributed by atoms with Crippen LogP contribution in [0.4, 0.5) is 4.39 Å². The van der Waals surface area contributed by atoms with Crippen LogP contribution in [0.15, 0.2) is 55.0 Å². The zero-order chi connectivity index (χ0) is 13.9. The van der Waals surface area contributed by atoms with E-state index in [9.17, 15) is 4.39 Å². The summed E-state index contributed by atoms with van der Waals surface area (Å²) in [5.41, 5.74) is 3.01. The molecule has 0 saturated heterocycles. The molecule has 3 nitrogen and oxygen atoms in total. The lowest BCUT2D eigenvalue weighted by Crippen LogP contribution is -1.94. The average molecular weight is 265 g/mol. The number of hydrogen-bond acceptors (Lipinski definition) is 3. The Morgan fingerprint density at radius 3 is 2.35 bits per heavy atom. The molecule has 0 fully saturated rings. The molecule has 2 aromatic heterocycles. The molecule has 0 spiro atoms. The third-order valence-corrected chi connectivity index (χ3v) is 3.01. The van der Waals surface area contributed by atoms with Crippen LogP contribution in [0.1, 0.15) is 5.56 Å². The molecule has 3 aromatic rings. The fraction of sp³-hybridized carbons (Fsp3) is 0.0625. The van der Waals surface area contributed by atoms with Crippen LogP contribution < -0.4 is 0 Å². The van der Waals surface area contributed by atoms with Crippen molar-refractivity contribution in [1.29, 1.82) is 0 Å². The molecule has 2 heterocycles. The van der Waals surface area contributed by atoms with Gasteiger partial charge in [-0.1, -0.05) is 29.8 Å². The number of hydrogen-bond donors (Lipinski definition) is 0. The number of aromatic nitrogens is 3. The molecule has 98 valence electrons. The number of halogens is 1. The van der Waals surface area contributed by atoms with Crippen molar-refractivity contribution in [2.45, 2.75) is 6.92 Å². The largest absolute Gasteiger partial charge is 0.250 e. The highest BCUT2D eigenvalue weighted by molar-refractivity contribution is 5.68. The van der Waals surface area contributed by atoms with E-state index in [2.05, 4.69) is 15.0 Å². The van der Waals surface area contributed by atoms with Crippen molar-refractivity contribution < 1.29 is 4.39 Å². The van der Waals surface area contributed by atoms with E-state index in [0.717, 1.165) is 11.1 Å². The van der Waals surface area contributed by atoms with Crippen molar-refractivity contribution in [2.75, 3.05) is 0 Å². The van der Waals surface area contributed by atoms with Crippen LogP contribution in [-0.4, -0.2) is 15.0 Å². The quantitative estimate of drug-likeness (QED) is 0.710. The van der Waals surface area contributed by atoms with Crippen LogP contribution in [0, 0.1) is 12.7 Å². The Morgan fingerprint density at radius 2 is 1.65 bits per heavy atom. The van der Waals surface area contributed by atoms with E-state index in [4.69, 9.17) is 0 Å². The van der Waals surface area contributed by atoms with E-state index < -0.39 is 0 Å². The topological polar surface area (TPSA) is 38.7 Å². The van der Waals surface area contributed by atoms with E-state index in [-0.39, 0.29) is 5.82 Å². The van der Waals surface area contributed by atoms with Gasteiger partial charge < -0.3 is 0 Å². The van der Waals surface area contributed by atoms with Gasteiger partial charge in [0.2, 0.25) is 0 Å². The van der Waals surface area contributed by atoms with Gasteiger partial charge in [0.05, 0.1) is 6.20 Å². The molecule has 20 heavy (non-hydrogen) atoms. The molecular weight excluding hydrogens is 253 g/mol. The van der Waals surface area contributed by atoms with Crippen LogP contribution in [0.3, 0.4) is 0 Å². The zero-order valence-electron chi connectivity index (χ0n) is 10.9. The first-order valence-electron chi connectivity index (χ1n) is 6.24. The van der Waals surface area contributed by atoms with Crippen LogP contribution >= 0.6 is 0 Å². The monoisotopic (exact) mass is 265 g/mol. The Labute approximate surface area is 116 Å². The van der Waals surface area contributed by atoms with Crippen molar-refractivity contribution in [2.24, 2.45) is 0 Å². The second kappa shape index (κ2) is 5.17. The molecular formula is C16H12FN3. The number of aryl methyl sites for hydroxylation is 1. The summed E-state index contributed by atoms with van der Waals surface area (Å²) < 4.78 is 14.0. The Kier molecular flexibility index (Phi) is 3.21. The van der Waals surface area contributed by atoms with Gasteiger partial charge in [0, 0.05) is 18.0 Å². The minimum atomic E-state index is -0.353. The lowest BCUT2D eigenvalue weighted by molar-refractivity contribution is 0.625.